The van der Waals surface area contributed by atoms with Crippen molar-refractivity contribution in [3.05, 3.63) is 23.5 Å². The lowest BCUT2D eigenvalue weighted by Crippen LogP contribution is -2.37. The summed E-state index contributed by atoms with van der Waals surface area (Å²) in [7, 11) is -1.95. The van der Waals surface area contributed by atoms with Crippen LogP contribution in [0.15, 0.2) is 12.2 Å². The molecule has 1 aromatic heterocycles. The van der Waals surface area contributed by atoms with E-state index in [4.69, 9.17) is 0 Å². The number of sulfonamides is 1. The number of carbonyl (C=O) groups excluding carboxylic acids is 1. The fraction of sp³-hybridized carbons (Fsp3) is 0.571. The van der Waals surface area contributed by atoms with Gasteiger partial charge in [-0.3, -0.25) is 9.48 Å². The number of hydrogen-bond acceptors (Lipinski definition) is 4. The molecule has 1 aromatic rings. The number of aryl methyl sites for hydroxylation is 2. The summed E-state index contributed by atoms with van der Waals surface area (Å²) < 4.78 is 26.7. The molecule has 2 rings (SSSR count). The molecule has 1 atom stereocenters. The molecule has 0 aromatic carbocycles. The van der Waals surface area contributed by atoms with Crippen LogP contribution < -0.4 is 4.31 Å². The molecule has 6 nitrogen and oxygen atoms in total. The maximum atomic E-state index is 12.5. The maximum Gasteiger partial charge on any atom is 0.241 e. The van der Waals surface area contributed by atoms with Gasteiger partial charge in [-0.25, -0.2) is 12.7 Å². The van der Waals surface area contributed by atoms with E-state index in [1.165, 1.54) is 0 Å². The molecule has 0 spiro atoms. The van der Waals surface area contributed by atoms with Gasteiger partial charge < -0.3 is 0 Å². The minimum atomic E-state index is -3.68. The molecule has 0 saturated heterocycles. The Hall–Kier alpha value is -1.63. The number of carbonyl (C=O) groups is 1. The third-order valence-electron chi connectivity index (χ3n) is 3.78. The second-order valence-electron chi connectivity index (χ2n) is 5.53. The van der Waals surface area contributed by atoms with Crippen LogP contribution in [0.4, 0.5) is 5.69 Å². The van der Waals surface area contributed by atoms with E-state index in [1.54, 1.807) is 25.6 Å². The van der Waals surface area contributed by atoms with Gasteiger partial charge >= 0.3 is 0 Å². The average molecular weight is 311 g/mol. The monoisotopic (exact) mass is 311 g/mol. The van der Waals surface area contributed by atoms with Crippen LogP contribution in [-0.2, 0) is 21.9 Å². The van der Waals surface area contributed by atoms with E-state index in [-0.39, 0.29) is 12.3 Å². The molecule has 0 N–H and O–H groups in total. The van der Waals surface area contributed by atoms with E-state index in [2.05, 4.69) is 5.10 Å². The van der Waals surface area contributed by atoms with Gasteiger partial charge in [0.2, 0.25) is 15.9 Å². The predicted molar refractivity (Wildman–Crippen MR) is 81.5 cm³/mol. The quantitative estimate of drug-likeness (QED) is 0.793. The minimum Gasteiger partial charge on any atom is -0.273 e. The van der Waals surface area contributed by atoms with Crippen molar-refractivity contribution >= 4 is 21.6 Å². The molecule has 7 heteroatoms. The third kappa shape index (κ3) is 3.18. The highest BCUT2D eigenvalue weighted by molar-refractivity contribution is 7.92. The van der Waals surface area contributed by atoms with E-state index in [9.17, 15) is 13.2 Å². The van der Waals surface area contributed by atoms with Crippen molar-refractivity contribution in [1.29, 1.82) is 0 Å². The number of aromatic nitrogens is 2. The van der Waals surface area contributed by atoms with Gasteiger partial charge in [0.1, 0.15) is 5.69 Å². The Bertz CT molecular complexity index is 689. The summed E-state index contributed by atoms with van der Waals surface area (Å²) in [4.78, 5) is 12.5. The molecule has 0 fully saturated rings. The highest BCUT2D eigenvalue weighted by Gasteiger charge is 2.31. The molecule has 116 valence electrons. The number of amides is 1. The SMILES string of the molecule is Cc1nn(C)c(C)c1N(C(=O)CC1C=CCC1)S(C)(=O)=O. The number of anilines is 1. The van der Waals surface area contributed by atoms with Crippen LogP contribution in [0, 0.1) is 19.8 Å². The highest BCUT2D eigenvalue weighted by Crippen LogP contribution is 2.29. The fourth-order valence-corrected chi connectivity index (χ4v) is 3.74. The van der Waals surface area contributed by atoms with Gasteiger partial charge in [-0.1, -0.05) is 12.2 Å². The zero-order chi connectivity index (χ0) is 15.8. The summed E-state index contributed by atoms with van der Waals surface area (Å²) in [6.07, 6.45) is 7.12. The standard InChI is InChI=1S/C14H21N3O3S/c1-10-14(11(2)16(3)15-10)17(21(4,19)20)13(18)9-12-7-5-6-8-12/h5,7,12H,6,8-9H2,1-4H3. The van der Waals surface area contributed by atoms with Crippen LogP contribution >= 0.6 is 0 Å². The molecule has 0 radical (unpaired) electrons. The summed E-state index contributed by atoms with van der Waals surface area (Å²) in [5.74, 6) is -0.271. The molecule has 1 heterocycles. The minimum absolute atomic E-state index is 0.124. The van der Waals surface area contributed by atoms with Crippen molar-refractivity contribution in [3.8, 4) is 0 Å². The topological polar surface area (TPSA) is 72.3 Å². The highest BCUT2D eigenvalue weighted by atomic mass is 32.2. The first kappa shape index (κ1) is 15.8. The first-order chi connectivity index (χ1) is 9.71. The molecule has 0 saturated carbocycles. The van der Waals surface area contributed by atoms with E-state index in [0.29, 0.717) is 17.1 Å². The van der Waals surface area contributed by atoms with Crippen molar-refractivity contribution < 1.29 is 13.2 Å². The fourth-order valence-electron chi connectivity index (χ4n) is 2.70. The normalized spacial score (nSPS) is 18.2. The summed E-state index contributed by atoms with van der Waals surface area (Å²) in [6.45, 7) is 3.47. The average Bonchev–Trinajstić information content (AvgIpc) is 2.92. The van der Waals surface area contributed by atoms with Crippen LogP contribution in [0.2, 0.25) is 0 Å². The molecule has 0 bridgehead atoms. The van der Waals surface area contributed by atoms with Gasteiger partial charge in [0.05, 0.1) is 17.6 Å². The number of hydrogen-bond donors (Lipinski definition) is 0. The molecular weight excluding hydrogens is 290 g/mol. The number of allylic oxidation sites excluding steroid dienone is 2. The van der Waals surface area contributed by atoms with Crippen LogP contribution in [0.25, 0.3) is 0 Å². The van der Waals surface area contributed by atoms with Gasteiger partial charge in [-0.05, 0) is 32.6 Å². The first-order valence-electron chi connectivity index (χ1n) is 6.91. The van der Waals surface area contributed by atoms with Gasteiger partial charge in [0, 0.05) is 13.5 Å². The molecule has 1 aliphatic rings. The Labute approximate surface area is 125 Å². The summed E-state index contributed by atoms with van der Waals surface area (Å²) in [5, 5.41) is 4.20. The Morgan fingerprint density at radius 2 is 2.14 bits per heavy atom. The molecule has 1 unspecified atom stereocenters. The van der Waals surface area contributed by atoms with Gasteiger partial charge in [0.15, 0.2) is 0 Å². The summed E-state index contributed by atoms with van der Waals surface area (Å²) in [6, 6.07) is 0. The maximum absolute atomic E-state index is 12.5. The zero-order valence-corrected chi connectivity index (χ0v) is 13.6. The number of nitrogens with zero attached hydrogens (tertiary/aromatic N) is 3. The van der Waals surface area contributed by atoms with Crippen molar-refractivity contribution in [2.24, 2.45) is 13.0 Å². The smallest absolute Gasteiger partial charge is 0.241 e. The van der Waals surface area contributed by atoms with E-state index < -0.39 is 15.9 Å². The second kappa shape index (κ2) is 5.63. The molecule has 0 aliphatic heterocycles. The second-order valence-corrected chi connectivity index (χ2v) is 7.37. The Balaban J connectivity index is 2.39. The van der Waals surface area contributed by atoms with E-state index in [1.807, 2.05) is 12.2 Å². The lowest BCUT2D eigenvalue weighted by atomic mass is 10.0. The molecule has 1 aliphatic carbocycles. The largest absolute Gasteiger partial charge is 0.273 e. The molecule has 1 amide bonds. The third-order valence-corrected chi connectivity index (χ3v) is 4.83. The van der Waals surface area contributed by atoms with Crippen molar-refractivity contribution in [2.45, 2.75) is 33.1 Å². The first-order valence-corrected chi connectivity index (χ1v) is 8.76. The van der Waals surface area contributed by atoms with Crippen LogP contribution in [0.5, 0.6) is 0 Å². The summed E-state index contributed by atoms with van der Waals surface area (Å²) >= 11 is 0. The Morgan fingerprint density at radius 1 is 1.48 bits per heavy atom. The molecular formula is C14H21N3O3S. The van der Waals surface area contributed by atoms with Gasteiger partial charge in [-0.2, -0.15) is 5.10 Å². The van der Waals surface area contributed by atoms with E-state index >= 15 is 0 Å². The summed E-state index contributed by atoms with van der Waals surface area (Å²) in [5.41, 5.74) is 1.58. The van der Waals surface area contributed by atoms with Crippen LogP contribution in [-0.4, -0.2) is 30.4 Å². The van der Waals surface area contributed by atoms with Crippen LogP contribution in [0.3, 0.4) is 0 Å². The van der Waals surface area contributed by atoms with Gasteiger partial charge in [0.25, 0.3) is 0 Å². The molecule has 21 heavy (non-hydrogen) atoms. The van der Waals surface area contributed by atoms with Crippen LogP contribution in [0.1, 0.15) is 30.7 Å². The zero-order valence-electron chi connectivity index (χ0n) is 12.8. The lowest BCUT2D eigenvalue weighted by molar-refractivity contribution is -0.118. The van der Waals surface area contributed by atoms with E-state index in [0.717, 1.165) is 23.4 Å². The Kier molecular flexibility index (Phi) is 4.22. The Morgan fingerprint density at radius 3 is 2.57 bits per heavy atom. The van der Waals surface area contributed by atoms with Crippen molar-refractivity contribution in [2.75, 3.05) is 10.6 Å². The number of rotatable bonds is 4. The van der Waals surface area contributed by atoms with Crippen molar-refractivity contribution in [3.63, 3.8) is 0 Å². The van der Waals surface area contributed by atoms with Gasteiger partial charge in [-0.15, -0.1) is 0 Å². The van der Waals surface area contributed by atoms with Crippen molar-refractivity contribution in [1.82, 2.24) is 9.78 Å². The predicted octanol–water partition coefficient (Wildman–Crippen LogP) is 1.69. The lowest BCUT2D eigenvalue weighted by Gasteiger charge is -2.22.